The van der Waals surface area contributed by atoms with E-state index < -0.39 is 33.6 Å². The van der Waals surface area contributed by atoms with Crippen LogP contribution in [0.4, 0.5) is 21.6 Å². The minimum absolute atomic E-state index is 0.0159. The quantitative estimate of drug-likeness (QED) is 0.502. The third kappa shape index (κ3) is 2.41. The summed E-state index contributed by atoms with van der Waals surface area (Å²) in [5.41, 5.74) is 4.24. The molecule has 9 heteroatoms. The van der Waals surface area contributed by atoms with Crippen LogP contribution in [0.3, 0.4) is 0 Å². The molecule has 104 valence electrons. The highest BCUT2D eigenvalue weighted by Gasteiger charge is 2.24. The Morgan fingerprint density at radius 2 is 2.25 bits per heavy atom. The Kier molecular flexibility index (Phi) is 3.34. The van der Waals surface area contributed by atoms with Crippen molar-refractivity contribution in [1.82, 2.24) is 5.16 Å². The molecule has 0 bridgehead atoms. The fourth-order valence-electron chi connectivity index (χ4n) is 1.57. The van der Waals surface area contributed by atoms with E-state index in [0.29, 0.717) is 5.69 Å². The number of nitrogen functional groups attached to an aromatic ring is 1. The summed E-state index contributed by atoms with van der Waals surface area (Å²) in [6.45, 7) is 1.63. The van der Waals surface area contributed by atoms with Crippen molar-refractivity contribution in [2.24, 2.45) is 0 Å². The van der Waals surface area contributed by atoms with Crippen molar-refractivity contribution in [3.05, 3.63) is 45.4 Å². The van der Waals surface area contributed by atoms with Crippen LogP contribution in [0.25, 0.3) is 0 Å². The van der Waals surface area contributed by atoms with Crippen LogP contribution in [0.5, 0.6) is 0 Å². The zero-order chi connectivity index (χ0) is 14.9. The number of anilines is 2. The van der Waals surface area contributed by atoms with Gasteiger partial charge in [0.25, 0.3) is 11.6 Å². The predicted molar refractivity (Wildman–Crippen MR) is 66.7 cm³/mol. The van der Waals surface area contributed by atoms with Crippen molar-refractivity contribution in [3.8, 4) is 0 Å². The van der Waals surface area contributed by atoms with Crippen LogP contribution >= 0.6 is 0 Å². The standard InChI is InChI=1S/C11H9FN4O4/c1-5-4-8(20-15-5)14-11(17)9-6(12)2-3-7(10(9)13)16(18)19/h2-4H,13H2,1H3,(H,14,17). The minimum atomic E-state index is -0.971. The van der Waals surface area contributed by atoms with Gasteiger partial charge in [0.15, 0.2) is 0 Å². The van der Waals surface area contributed by atoms with Crippen molar-refractivity contribution in [3.63, 3.8) is 0 Å². The molecule has 0 aliphatic heterocycles. The lowest BCUT2D eigenvalue weighted by Crippen LogP contribution is -2.16. The Hall–Kier alpha value is -2.97. The number of carbonyl (C=O) groups is 1. The molecule has 0 aliphatic carbocycles. The van der Waals surface area contributed by atoms with Crippen molar-refractivity contribution in [1.29, 1.82) is 0 Å². The van der Waals surface area contributed by atoms with Crippen molar-refractivity contribution in [2.45, 2.75) is 6.92 Å². The van der Waals surface area contributed by atoms with Gasteiger partial charge in [0.1, 0.15) is 17.1 Å². The van der Waals surface area contributed by atoms with Gasteiger partial charge in [0, 0.05) is 12.1 Å². The number of nitro benzene ring substituents is 1. The van der Waals surface area contributed by atoms with Gasteiger partial charge in [0.05, 0.1) is 10.6 Å². The van der Waals surface area contributed by atoms with Crippen LogP contribution < -0.4 is 11.1 Å². The van der Waals surface area contributed by atoms with E-state index >= 15 is 0 Å². The van der Waals surface area contributed by atoms with Crippen molar-refractivity contribution < 1.29 is 18.6 Å². The molecule has 0 unspecified atom stereocenters. The second-order valence-corrected chi connectivity index (χ2v) is 3.90. The smallest absolute Gasteiger partial charge is 0.293 e. The number of nitrogens with one attached hydrogen (secondary N) is 1. The number of nitro groups is 1. The van der Waals surface area contributed by atoms with Crippen LogP contribution in [0.2, 0.25) is 0 Å². The van der Waals surface area contributed by atoms with Crippen LogP contribution in [0.1, 0.15) is 16.1 Å². The highest BCUT2D eigenvalue weighted by atomic mass is 19.1. The summed E-state index contributed by atoms with van der Waals surface area (Å²) in [6.07, 6.45) is 0. The zero-order valence-electron chi connectivity index (χ0n) is 10.2. The molecule has 0 saturated heterocycles. The second-order valence-electron chi connectivity index (χ2n) is 3.90. The van der Waals surface area contributed by atoms with Gasteiger partial charge in [-0.1, -0.05) is 5.16 Å². The molecule has 8 nitrogen and oxygen atoms in total. The number of hydrogen-bond acceptors (Lipinski definition) is 6. The van der Waals surface area contributed by atoms with Gasteiger partial charge >= 0.3 is 0 Å². The third-order valence-corrected chi connectivity index (χ3v) is 2.46. The van der Waals surface area contributed by atoms with Gasteiger partial charge in [-0.25, -0.2) is 4.39 Å². The largest absolute Gasteiger partial charge is 0.392 e. The molecule has 0 spiro atoms. The molecular formula is C11H9FN4O4. The van der Waals surface area contributed by atoms with Crippen molar-refractivity contribution >= 4 is 23.2 Å². The molecule has 0 aliphatic rings. The first-order valence-electron chi connectivity index (χ1n) is 5.37. The molecule has 0 saturated carbocycles. The van der Waals surface area contributed by atoms with Crippen LogP contribution in [-0.4, -0.2) is 16.0 Å². The SMILES string of the molecule is Cc1cc(NC(=O)c2c(F)ccc([N+](=O)[O-])c2N)on1. The van der Waals surface area contributed by atoms with E-state index in [4.69, 9.17) is 10.3 Å². The lowest BCUT2D eigenvalue weighted by atomic mass is 10.1. The van der Waals surface area contributed by atoms with E-state index in [1.165, 1.54) is 6.07 Å². The summed E-state index contributed by atoms with van der Waals surface area (Å²) < 4.78 is 18.4. The summed E-state index contributed by atoms with van der Waals surface area (Å²) in [7, 11) is 0. The molecule has 2 rings (SSSR count). The first kappa shape index (κ1) is 13.5. The minimum Gasteiger partial charge on any atom is -0.392 e. The molecule has 1 heterocycles. The molecule has 20 heavy (non-hydrogen) atoms. The number of amides is 1. The van der Waals surface area contributed by atoms with Gasteiger partial charge < -0.3 is 10.3 Å². The predicted octanol–water partition coefficient (Wildman–Crippen LogP) is 1.86. The summed E-state index contributed by atoms with van der Waals surface area (Å²) >= 11 is 0. The molecular weight excluding hydrogens is 271 g/mol. The molecule has 2 aromatic rings. The summed E-state index contributed by atoms with van der Waals surface area (Å²) in [5, 5.41) is 16.5. The highest BCUT2D eigenvalue weighted by molar-refractivity contribution is 6.08. The Morgan fingerprint density at radius 1 is 1.55 bits per heavy atom. The highest BCUT2D eigenvalue weighted by Crippen LogP contribution is 2.28. The van der Waals surface area contributed by atoms with E-state index in [1.807, 2.05) is 0 Å². The number of carbonyl (C=O) groups excluding carboxylic acids is 1. The zero-order valence-corrected chi connectivity index (χ0v) is 10.2. The third-order valence-electron chi connectivity index (χ3n) is 2.46. The number of halogens is 1. The van der Waals surface area contributed by atoms with E-state index in [-0.39, 0.29) is 5.88 Å². The van der Waals surface area contributed by atoms with Gasteiger partial charge in [-0.3, -0.25) is 20.2 Å². The number of rotatable bonds is 3. The maximum Gasteiger partial charge on any atom is 0.293 e. The molecule has 1 aromatic heterocycles. The monoisotopic (exact) mass is 280 g/mol. The Labute approximate surface area is 111 Å². The van der Waals surface area contributed by atoms with Gasteiger partial charge in [-0.2, -0.15) is 0 Å². The van der Waals surface area contributed by atoms with Gasteiger partial charge in [-0.15, -0.1) is 0 Å². The van der Waals surface area contributed by atoms with Crippen LogP contribution in [0.15, 0.2) is 22.7 Å². The number of aryl methyl sites for hydroxylation is 1. The average Bonchev–Trinajstić information content (AvgIpc) is 2.74. The Morgan fingerprint density at radius 3 is 2.80 bits per heavy atom. The summed E-state index contributed by atoms with van der Waals surface area (Å²) in [6, 6.07) is 3.10. The van der Waals surface area contributed by atoms with E-state index in [9.17, 15) is 19.3 Å². The van der Waals surface area contributed by atoms with Gasteiger partial charge in [-0.05, 0) is 13.0 Å². The molecule has 1 aromatic carbocycles. The lowest BCUT2D eigenvalue weighted by molar-refractivity contribution is -0.384. The Bertz CT molecular complexity index is 698. The fraction of sp³-hybridized carbons (Fsp3) is 0.0909. The van der Waals surface area contributed by atoms with E-state index in [2.05, 4.69) is 10.5 Å². The molecule has 3 N–H and O–H groups in total. The maximum atomic E-state index is 13.6. The molecule has 0 fully saturated rings. The van der Waals surface area contributed by atoms with Crippen LogP contribution in [-0.2, 0) is 0 Å². The molecule has 1 amide bonds. The topological polar surface area (TPSA) is 124 Å². The number of aromatic nitrogens is 1. The Balaban J connectivity index is 2.38. The molecule has 0 radical (unpaired) electrons. The normalized spacial score (nSPS) is 10.3. The van der Waals surface area contributed by atoms with E-state index in [0.717, 1.165) is 12.1 Å². The fourth-order valence-corrected chi connectivity index (χ4v) is 1.57. The second kappa shape index (κ2) is 4.96. The molecule has 0 atom stereocenters. The maximum absolute atomic E-state index is 13.6. The number of hydrogen-bond donors (Lipinski definition) is 2. The number of benzene rings is 1. The van der Waals surface area contributed by atoms with E-state index in [1.54, 1.807) is 6.92 Å². The van der Waals surface area contributed by atoms with Gasteiger partial charge in [0.2, 0.25) is 5.88 Å². The summed E-state index contributed by atoms with van der Waals surface area (Å²) in [5.74, 6) is -1.94. The van der Waals surface area contributed by atoms with Crippen molar-refractivity contribution in [2.75, 3.05) is 11.1 Å². The first-order valence-corrected chi connectivity index (χ1v) is 5.37. The number of nitrogens with zero attached hydrogens (tertiary/aromatic N) is 2. The lowest BCUT2D eigenvalue weighted by Gasteiger charge is -2.06. The number of nitrogens with two attached hydrogens (primary N) is 1. The summed E-state index contributed by atoms with van der Waals surface area (Å²) in [4.78, 5) is 21.8. The first-order chi connectivity index (χ1) is 9.40. The average molecular weight is 280 g/mol. The van der Waals surface area contributed by atoms with Crippen LogP contribution in [0, 0.1) is 22.9 Å².